The van der Waals surface area contributed by atoms with E-state index in [1.165, 1.54) is 26.2 Å². The number of hydrogen-bond acceptors (Lipinski definition) is 5. The first-order valence-electron chi connectivity index (χ1n) is 9.63. The summed E-state index contributed by atoms with van der Waals surface area (Å²) in [5, 5.41) is 2.90. The molecule has 8 nitrogen and oxygen atoms in total. The molecular weight excluding hydrogens is 404 g/mol. The number of para-hydroxylation sites is 2. The number of benzene rings is 2. The molecule has 0 aliphatic carbocycles. The number of sulfonamides is 1. The second kappa shape index (κ2) is 8.85. The van der Waals surface area contributed by atoms with Gasteiger partial charge in [-0.1, -0.05) is 18.2 Å². The van der Waals surface area contributed by atoms with E-state index < -0.39 is 10.0 Å². The molecule has 0 saturated carbocycles. The van der Waals surface area contributed by atoms with Gasteiger partial charge in [0.1, 0.15) is 0 Å². The summed E-state index contributed by atoms with van der Waals surface area (Å²) in [5.74, 6) is -0.329. The molecule has 1 fully saturated rings. The molecule has 0 spiro atoms. The number of amides is 2. The van der Waals surface area contributed by atoms with E-state index in [1.807, 2.05) is 24.3 Å². The third kappa shape index (κ3) is 4.63. The Hall–Kier alpha value is -2.91. The van der Waals surface area contributed by atoms with Crippen LogP contribution < -0.4 is 10.2 Å². The van der Waals surface area contributed by atoms with Crippen molar-refractivity contribution in [2.75, 3.05) is 50.5 Å². The van der Waals surface area contributed by atoms with Crippen LogP contribution in [0.4, 0.5) is 11.4 Å². The molecule has 2 aromatic rings. The number of hydrogen-bond donors (Lipinski definition) is 1. The van der Waals surface area contributed by atoms with E-state index >= 15 is 0 Å². The number of rotatable bonds is 5. The van der Waals surface area contributed by atoms with Gasteiger partial charge in [0.2, 0.25) is 15.9 Å². The Morgan fingerprint density at radius 3 is 2.27 bits per heavy atom. The van der Waals surface area contributed by atoms with Crippen LogP contribution in [0.1, 0.15) is 17.3 Å². The Morgan fingerprint density at radius 2 is 1.63 bits per heavy atom. The number of carbonyl (C=O) groups excluding carboxylic acids is 2. The number of carbonyl (C=O) groups is 2. The summed E-state index contributed by atoms with van der Waals surface area (Å²) in [5.41, 5.74) is 1.76. The molecule has 0 bridgehead atoms. The van der Waals surface area contributed by atoms with Crippen molar-refractivity contribution in [3.05, 3.63) is 54.1 Å². The SMILES string of the molecule is CC(=O)N1CCN(c2ccccc2NC(=O)c2cccc(S(=O)(=O)N(C)C)c2)CC1. The van der Waals surface area contributed by atoms with Gasteiger partial charge in [0.25, 0.3) is 5.91 Å². The first-order chi connectivity index (χ1) is 14.2. The van der Waals surface area contributed by atoms with Crippen molar-refractivity contribution in [1.82, 2.24) is 9.21 Å². The van der Waals surface area contributed by atoms with Crippen molar-refractivity contribution >= 4 is 33.2 Å². The van der Waals surface area contributed by atoms with Gasteiger partial charge in [0.15, 0.2) is 0 Å². The van der Waals surface area contributed by atoms with Gasteiger partial charge >= 0.3 is 0 Å². The van der Waals surface area contributed by atoms with Crippen molar-refractivity contribution in [2.24, 2.45) is 0 Å². The molecule has 1 aliphatic heterocycles. The van der Waals surface area contributed by atoms with Gasteiger partial charge in [-0.05, 0) is 30.3 Å². The fraction of sp³-hybridized carbons (Fsp3) is 0.333. The van der Waals surface area contributed by atoms with E-state index in [2.05, 4.69) is 10.2 Å². The van der Waals surface area contributed by atoms with Crippen molar-refractivity contribution in [3.63, 3.8) is 0 Å². The van der Waals surface area contributed by atoms with Gasteiger partial charge in [-0.3, -0.25) is 9.59 Å². The predicted octanol–water partition coefficient (Wildman–Crippen LogP) is 1.86. The van der Waals surface area contributed by atoms with E-state index in [9.17, 15) is 18.0 Å². The molecular formula is C21H26N4O4S. The summed E-state index contributed by atoms with van der Waals surface area (Å²) >= 11 is 0. The maximum absolute atomic E-state index is 12.8. The van der Waals surface area contributed by atoms with Crippen LogP contribution in [0.15, 0.2) is 53.4 Å². The molecule has 30 heavy (non-hydrogen) atoms. The molecule has 0 aromatic heterocycles. The summed E-state index contributed by atoms with van der Waals surface area (Å²) < 4.78 is 25.8. The largest absolute Gasteiger partial charge is 0.366 e. The van der Waals surface area contributed by atoms with Gasteiger partial charge < -0.3 is 15.1 Å². The van der Waals surface area contributed by atoms with Crippen molar-refractivity contribution in [1.29, 1.82) is 0 Å². The van der Waals surface area contributed by atoms with Gasteiger partial charge in [-0.15, -0.1) is 0 Å². The Bertz CT molecular complexity index is 1040. The molecule has 2 aromatic carbocycles. The molecule has 0 unspecified atom stereocenters. The fourth-order valence-corrected chi connectivity index (χ4v) is 4.27. The first kappa shape index (κ1) is 21.8. The summed E-state index contributed by atoms with van der Waals surface area (Å²) in [6.07, 6.45) is 0. The zero-order valence-corrected chi connectivity index (χ0v) is 18.1. The lowest BCUT2D eigenvalue weighted by Crippen LogP contribution is -2.48. The minimum atomic E-state index is -3.63. The normalized spacial score (nSPS) is 14.7. The molecule has 1 N–H and O–H groups in total. The van der Waals surface area contributed by atoms with Crippen molar-refractivity contribution in [2.45, 2.75) is 11.8 Å². The Morgan fingerprint density at radius 1 is 0.967 bits per heavy atom. The predicted molar refractivity (Wildman–Crippen MR) is 116 cm³/mol. The monoisotopic (exact) mass is 430 g/mol. The van der Waals surface area contributed by atoms with E-state index in [0.29, 0.717) is 31.9 Å². The molecule has 1 aliphatic rings. The van der Waals surface area contributed by atoms with Crippen LogP contribution in [-0.2, 0) is 14.8 Å². The fourth-order valence-electron chi connectivity index (χ4n) is 3.32. The highest BCUT2D eigenvalue weighted by Crippen LogP contribution is 2.27. The smallest absolute Gasteiger partial charge is 0.255 e. The molecule has 160 valence electrons. The van der Waals surface area contributed by atoms with Gasteiger partial charge in [0.05, 0.1) is 16.3 Å². The highest BCUT2D eigenvalue weighted by Gasteiger charge is 2.22. The first-order valence-corrected chi connectivity index (χ1v) is 11.1. The van der Waals surface area contributed by atoms with Crippen LogP contribution in [0.3, 0.4) is 0 Å². The van der Waals surface area contributed by atoms with Gasteiger partial charge in [0, 0.05) is 52.8 Å². The lowest BCUT2D eigenvalue weighted by atomic mass is 10.1. The van der Waals surface area contributed by atoms with Crippen molar-refractivity contribution < 1.29 is 18.0 Å². The van der Waals surface area contributed by atoms with E-state index in [1.54, 1.807) is 24.0 Å². The van der Waals surface area contributed by atoms with Gasteiger partial charge in [-0.2, -0.15) is 0 Å². The molecule has 0 atom stereocenters. The van der Waals surface area contributed by atoms with E-state index in [-0.39, 0.29) is 22.3 Å². The van der Waals surface area contributed by atoms with E-state index in [0.717, 1.165) is 9.99 Å². The standard InChI is InChI=1S/C21H26N4O4S/c1-16(26)24-11-13-25(14-12-24)20-10-5-4-9-19(20)22-21(27)17-7-6-8-18(15-17)30(28,29)23(2)3/h4-10,15H,11-14H2,1-3H3,(H,22,27). The maximum Gasteiger partial charge on any atom is 0.255 e. The Kier molecular flexibility index (Phi) is 6.42. The Balaban J connectivity index is 1.80. The highest BCUT2D eigenvalue weighted by atomic mass is 32.2. The van der Waals surface area contributed by atoms with Crippen LogP contribution >= 0.6 is 0 Å². The number of nitrogens with one attached hydrogen (secondary N) is 1. The number of piperazine rings is 1. The van der Waals surface area contributed by atoms with Crippen LogP contribution in [0.2, 0.25) is 0 Å². The summed E-state index contributed by atoms with van der Waals surface area (Å²) in [4.78, 5) is 28.4. The molecule has 2 amide bonds. The number of anilines is 2. The quantitative estimate of drug-likeness (QED) is 0.782. The minimum absolute atomic E-state index is 0.0591. The second-order valence-corrected chi connectivity index (χ2v) is 9.43. The molecule has 0 radical (unpaired) electrons. The van der Waals surface area contributed by atoms with Crippen molar-refractivity contribution in [3.8, 4) is 0 Å². The lowest BCUT2D eigenvalue weighted by molar-refractivity contribution is -0.129. The summed E-state index contributed by atoms with van der Waals surface area (Å²) in [6.45, 7) is 4.16. The molecule has 1 heterocycles. The van der Waals surface area contributed by atoms with Crippen LogP contribution in [0.25, 0.3) is 0 Å². The topological polar surface area (TPSA) is 90.0 Å². The zero-order chi connectivity index (χ0) is 21.9. The minimum Gasteiger partial charge on any atom is -0.366 e. The number of nitrogens with zero attached hydrogens (tertiary/aromatic N) is 3. The zero-order valence-electron chi connectivity index (χ0n) is 17.3. The van der Waals surface area contributed by atoms with Gasteiger partial charge in [-0.25, -0.2) is 12.7 Å². The van der Waals surface area contributed by atoms with Crippen LogP contribution in [0, 0.1) is 0 Å². The summed E-state index contributed by atoms with van der Waals surface area (Å²) in [7, 11) is -0.733. The summed E-state index contributed by atoms with van der Waals surface area (Å²) in [6, 6.07) is 13.4. The average Bonchev–Trinajstić information content (AvgIpc) is 2.74. The van der Waals surface area contributed by atoms with E-state index in [4.69, 9.17) is 0 Å². The molecule has 1 saturated heterocycles. The maximum atomic E-state index is 12.8. The molecule has 3 rings (SSSR count). The third-order valence-electron chi connectivity index (χ3n) is 5.09. The highest BCUT2D eigenvalue weighted by molar-refractivity contribution is 7.89. The Labute approximate surface area is 177 Å². The lowest BCUT2D eigenvalue weighted by Gasteiger charge is -2.36. The second-order valence-electron chi connectivity index (χ2n) is 7.28. The van der Waals surface area contributed by atoms with Crippen LogP contribution in [0.5, 0.6) is 0 Å². The molecule has 9 heteroatoms. The third-order valence-corrected chi connectivity index (χ3v) is 6.90. The van der Waals surface area contributed by atoms with Crippen LogP contribution in [-0.4, -0.2) is 69.7 Å². The average molecular weight is 431 g/mol.